The third-order valence-corrected chi connectivity index (χ3v) is 3.93. The number of fused-ring (bicyclic) bond motifs is 1. The number of aromatic nitrogens is 2. The summed E-state index contributed by atoms with van der Waals surface area (Å²) in [6, 6.07) is 0.0148. The molecule has 3 rings (SSSR count). The number of carbonyl (C=O) groups excluding carboxylic acids is 1. The van der Waals surface area contributed by atoms with E-state index in [2.05, 4.69) is 15.3 Å². The number of aliphatic hydroxyl groups is 1. The van der Waals surface area contributed by atoms with Gasteiger partial charge in [-0.1, -0.05) is 0 Å². The van der Waals surface area contributed by atoms with Gasteiger partial charge < -0.3 is 19.8 Å². The van der Waals surface area contributed by atoms with Gasteiger partial charge in [-0.2, -0.15) is 0 Å². The number of nitrogens with zero attached hydrogens (tertiary/aromatic N) is 1. The maximum Gasteiger partial charge on any atom is 0.262 e. The second-order valence-electron chi connectivity index (χ2n) is 5.42. The monoisotopic (exact) mass is 291 g/mol. The van der Waals surface area contributed by atoms with Gasteiger partial charge in [0.25, 0.3) is 11.5 Å². The molecule has 0 radical (unpaired) electrons. The van der Waals surface area contributed by atoms with Crippen molar-refractivity contribution in [3.8, 4) is 0 Å². The van der Waals surface area contributed by atoms with Gasteiger partial charge in [0, 0.05) is 6.04 Å². The van der Waals surface area contributed by atoms with Crippen LogP contribution in [0.3, 0.4) is 0 Å². The molecule has 1 amide bonds. The minimum absolute atomic E-state index is 0.0148. The number of rotatable bonds is 2. The topological polar surface area (TPSA) is 108 Å². The van der Waals surface area contributed by atoms with Gasteiger partial charge in [0.05, 0.1) is 18.0 Å². The lowest BCUT2D eigenvalue weighted by Crippen LogP contribution is -2.39. The minimum atomic E-state index is -0.388. The molecule has 0 spiro atoms. The van der Waals surface area contributed by atoms with Crippen molar-refractivity contribution >= 4 is 17.0 Å². The Hall–Kier alpha value is -2.15. The fourth-order valence-electron chi connectivity index (χ4n) is 2.80. The summed E-state index contributed by atoms with van der Waals surface area (Å²) in [5.41, 5.74) is 0.0204. The smallest absolute Gasteiger partial charge is 0.262 e. The van der Waals surface area contributed by atoms with E-state index >= 15 is 0 Å². The first-order chi connectivity index (χ1) is 10.1. The van der Waals surface area contributed by atoms with E-state index in [0.29, 0.717) is 18.6 Å². The van der Waals surface area contributed by atoms with E-state index in [1.54, 1.807) is 6.92 Å². The Kier molecular flexibility index (Phi) is 3.50. The highest BCUT2D eigenvalue weighted by Gasteiger charge is 2.25. The summed E-state index contributed by atoms with van der Waals surface area (Å²) in [4.78, 5) is 30.7. The van der Waals surface area contributed by atoms with Crippen molar-refractivity contribution in [3.63, 3.8) is 0 Å². The molecule has 0 saturated heterocycles. The van der Waals surface area contributed by atoms with Crippen LogP contribution in [0.4, 0.5) is 0 Å². The van der Waals surface area contributed by atoms with Crippen LogP contribution in [0.1, 0.15) is 41.8 Å². The number of aliphatic hydroxyl groups excluding tert-OH is 1. The first-order valence-electron chi connectivity index (χ1n) is 7.02. The Labute approximate surface area is 120 Å². The fraction of sp³-hybridized carbons (Fsp3) is 0.500. The van der Waals surface area contributed by atoms with Crippen LogP contribution in [-0.2, 0) is 0 Å². The lowest BCUT2D eigenvalue weighted by atomic mass is 9.93. The van der Waals surface area contributed by atoms with Gasteiger partial charge in [0.2, 0.25) is 5.71 Å². The zero-order valence-electron chi connectivity index (χ0n) is 11.7. The third kappa shape index (κ3) is 2.56. The summed E-state index contributed by atoms with van der Waals surface area (Å²) in [5, 5.41) is 12.6. The van der Waals surface area contributed by atoms with Crippen molar-refractivity contribution in [2.24, 2.45) is 0 Å². The molecule has 0 aliphatic heterocycles. The quantitative estimate of drug-likeness (QED) is 0.760. The number of aromatic amines is 1. The number of amides is 1. The largest absolute Gasteiger partial charge is 0.442 e. The molecule has 1 aliphatic rings. The van der Waals surface area contributed by atoms with Gasteiger partial charge >= 0.3 is 0 Å². The number of furan rings is 1. The number of nitrogens with one attached hydrogen (secondary N) is 2. The lowest BCUT2D eigenvalue weighted by Gasteiger charge is -2.26. The summed E-state index contributed by atoms with van der Waals surface area (Å²) < 4.78 is 5.38. The molecule has 2 aromatic rings. The van der Waals surface area contributed by atoms with Crippen LogP contribution in [0.2, 0.25) is 0 Å². The van der Waals surface area contributed by atoms with Gasteiger partial charge in [-0.3, -0.25) is 9.59 Å². The zero-order chi connectivity index (χ0) is 15.0. The number of aryl methyl sites for hydroxylation is 1. The Morgan fingerprint density at radius 3 is 2.86 bits per heavy atom. The van der Waals surface area contributed by atoms with Crippen LogP contribution in [0.5, 0.6) is 0 Å². The molecule has 7 heteroatoms. The molecular weight excluding hydrogens is 274 g/mol. The summed E-state index contributed by atoms with van der Waals surface area (Å²) in [7, 11) is 0. The Morgan fingerprint density at radius 1 is 1.43 bits per heavy atom. The van der Waals surface area contributed by atoms with E-state index in [1.165, 1.54) is 6.33 Å². The second kappa shape index (κ2) is 5.33. The molecule has 21 heavy (non-hydrogen) atoms. The van der Waals surface area contributed by atoms with Crippen LogP contribution in [0.15, 0.2) is 15.5 Å². The summed E-state index contributed by atoms with van der Waals surface area (Å²) >= 11 is 0. The van der Waals surface area contributed by atoms with Gasteiger partial charge in [0.15, 0.2) is 0 Å². The highest BCUT2D eigenvalue weighted by atomic mass is 16.3. The van der Waals surface area contributed by atoms with Crippen molar-refractivity contribution < 1.29 is 14.3 Å². The molecule has 1 saturated carbocycles. The maximum atomic E-state index is 12.4. The van der Waals surface area contributed by atoms with Gasteiger partial charge in [-0.05, 0) is 32.6 Å². The number of hydrogen-bond acceptors (Lipinski definition) is 5. The molecule has 3 N–H and O–H groups in total. The SMILES string of the molecule is Cc1oc2nc[nH]c(=O)c2c1C(=O)NC1CCC(O)CC1. The summed E-state index contributed by atoms with van der Waals surface area (Å²) in [6.45, 7) is 1.64. The molecule has 2 aromatic heterocycles. The van der Waals surface area contributed by atoms with Crippen LogP contribution >= 0.6 is 0 Å². The van der Waals surface area contributed by atoms with Crippen LogP contribution in [0.25, 0.3) is 11.1 Å². The van der Waals surface area contributed by atoms with Crippen LogP contribution < -0.4 is 10.9 Å². The molecule has 0 bridgehead atoms. The average Bonchev–Trinajstić information content (AvgIpc) is 2.79. The van der Waals surface area contributed by atoms with Crippen molar-refractivity contribution in [2.75, 3.05) is 0 Å². The van der Waals surface area contributed by atoms with E-state index in [9.17, 15) is 14.7 Å². The minimum Gasteiger partial charge on any atom is -0.442 e. The predicted octanol–water partition coefficient (Wildman–Crippen LogP) is 0.858. The Bertz CT molecular complexity index is 725. The second-order valence-corrected chi connectivity index (χ2v) is 5.42. The van der Waals surface area contributed by atoms with Gasteiger partial charge in [0.1, 0.15) is 11.1 Å². The number of hydrogen-bond donors (Lipinski definition) is 3. The normalized spacial score (nSPS) is 22.4. The highest BCUT2D eigenvalue weighted by Crippen LogP contribution is 2.22. The molecule has 0 atom stereocenters. The Morgan fingerprint density at radius 2 is 2.14 bits per heavy atom. The fourth-order valence-corrected chi connectivity index (χ4v) is 2.80. The van der Waals surface area contributed by atoms with Crippen molar-refractivity contribution in [1.82, 2.24) is 15.3 Å². The maximum absolute atomic E-state index is 12.4. The van der Waals surface area contributed by atoms with Gasteiger partial charge in [-0.25, -0.2) is 4.98 Å². The van der Waals surface area contributed by atoms with Crippen molar-refractivity contribution in [3.05, 3.63) is 28.0 Å². The third-order valence-electron chi connectivity index (χ3n) is 3.93. The number of carbonyl (C=O) groups is 1. The standard InChI is InChI=1S/C14H17N3O4/c1-7-10(11-12(19)15-6-16-14(11)21-7)13(20)17-8-2-4-9(18)5-3-8/h6,8-9,18H,2-5H2,1H3,(H,17,20)(H,15,16,19). The van der Waals surface area contributed by atoms with E-state index < -0.39 is 0 Å². The molecular formula is C14H17N3O4. The summed E-state index contributed by atoms with van der Waals surface area (Å²) in [6.07, 6.45) is 3.79. The highest BCUT2D eigenvalue weighted by molar-refractivity contribution is 6.06. The van der Waals surface area contributed by atoms with Crippen LogP contribution in [0, 0.1) is 6.92 Å². The van der Waals surface area contributed by atoms with Crippen molar-refractivity contribution in [1.29, 1.82) is 0 Å². The van der Waals surface area contributed by atoms with E-state index in [1.807, 2.05) is 0 Å². The molecule has 2 heterocycles. The van der Waals surface area contributed by atoms with E-state index in [4.69, 9.17) is 4.42 Å². The molecule has 1 fully saturated rings. The summed E-state index contributed by atoms with van der Waals surface area (Å²) in [5.74, 6) is 0.0497. The van der Waals surface area contributed by atoms with Gasteiger partial charge in [-0.15, -0.1) is 0 Å². The predicted molar refractivity (Wildman–Crippen MR) is 75.1 cm³/mol. The van der Waals surface area contributed by atoms with E-state index in [-0.39, 0.29) is 40.3 Å². The molecule has 1 aliphatic carbocycles. The Balaban J connectivity index is 1.88. The van der Waals surface area contributed by atoms with E-state index in [0.717, 1.165) is 12.8 Å². The molecule has 7 nitrogen and oxygen atoms in total. The lowest BCUT2D eigenvalue weighted by molar-refractivity contribution is 0.0867. The van der Waals surface area contributed by atoms with Crippen LogP contribution in [-0.4, -0.2) is 33.1 Å². The number of H-pyrrole nitrogens is 1. The zero-order valence-corrected chi connectivity index (χ0v) is 11.7. The molecule has 0 aromatic carbocycles. The molecule has 112 valence electrons. The molecule has 0 unspecified atom stereocenters. The average molecular weight is 291 g/mol. The van der Waals surface area contributed by atoms with Crippen molar-refractivity contribution in [2.45, 2.75) is 44.8 Å². The first kappa shape index (κ1) is 13.8. The first-order valence-corrected chi connectivity index (χ1v) is 7.02.